The first-order chi connectivity index (χ1) is 16.0. The standard InChI is InChI=1S/C29H29NO3/c1-3-4-12-20(2)27(31)26(28(32)33)30-19-29(21-13-6-5-7-14-21)24-17-10-8-15-22(24)23-16-9-11-18-25(23)29/h5-11,13-18,20,26-27,30-31H,12,19H2,1-2H3,(H,32,33)/t20-,26+,27-/m0/s1. The second kappa shape index (κ2) is 9.62. The van der Waals surface area contributed by atoms with Gasteiger partial charge < -0.3 is 15.5 Å². The summed E-state index contributed by atoms with van der Waals surface area (Å²) >= 11 is 0. The molecule has 0 amide bonds. The quantitative estimate of drug-likeness (QED) is 0.454. The van der Waals surface area contributed by atoms with E-state index in [9.17, 15) is 15.0 Å². The summed E-state index contributed by atoms with van der Waals surface area (Å²) in [7, 11) is 0. The third kappa shape index (κ3) is 4.06. The van der Waals surface area contributed by atoms with Crippen LogP contribution in [0.3, 0.4) is 0 Å². The van der Waals surface area contributed by atoms with Crippen molar-refractivity contribution in [3.05, 3.63) is 95.6 Å². The normalized spacial score (nSPS) is 16.0. The third-order valence-electron chi connectivity index (χ3n) is 6.71. The molecule has 3 aromatic carbocycles. The molecule has 4 nitrogen and oxygen atoms in total. The number of hydrogen-bond acceptors (Lipinski definition) is 3. The molecule has 0 fully saturated rings. The van der Waals surface area contributed by atoms with Crippen LogP contribution in [-0.4, -0.2) is 34.9 Å². The fourth-order valence-corrected chi connectivity index (χ4v) is 4.98. The topological polar surface area (TPSA) is 69.6 Å². The third-order valence-corrected chi connectivity index (χ3v) is 6.71. The Hall–Kier alpha value is -3.39. The number of aliphatic hydroxyl groups is 1. The molecule has 0 aromatic heterocycles. The molecule has 0 unspecified atom stereocenters. The molecule has 1 aliphatic rings. The van der Waals surface area contributed by atoms with Gasteiger partial charge in [0.05, 0.1) is 11.5 Å². The highest BCUT2D eigenvalue weighted by molar-refractivity contribution is 5.83. The minimum atomic E-state index is -1.11. The van der Waals surface area contributed by atoms with Crippen LogP contribution in [0, 0.1) is 17.8 Å². The minimum Gasteiger partial charge on any atom is -0.480 e. The summed E-state index contributed by atoms with van der Waals surface area (Å²) in [4.78, 5) is 12.2. The van der Waals surface area contributed by atoms with E-state index in [4.69, 9.17) is 0 Å². The molecule has 1 aliphatic carbocycles. The van der Waals surface area contributed by atoms with Gasteiger partial charge >= 0.3 is 5.97 Å². The fraction of sp³-hybridized carbons (Fsp3) is 0.276. The number of carboxylic acids is 1. The van der Waals surface area contributed by atoms with Gasteiger partial charge in [-0.2, -0.15) is 0 Å². The van der Waals surface area contributed by atoms with E-state index < -0.39 is 23.5 Å². The van der Waals surface area contributed by atoms with Crippen LogP contribution in [0.5, 0.6) is 0 Å². The molecule has 3 aromatic rings. The largest absolute Gasteiger partial charge is 0.480 e. The Kier molecular flexibility index (Phi) is 6.65. The van der Waals surface area contributed by atoms with Crippen molar-refractivity contribution in [3.63, 3.8) is 0 Å². The van der Waals surface area contributed by atoms with Gasteiger partial charge in [0.2, 0.25) is 0 Å². The zero-order chi connectivity index (χ0) is 23.4. The zero-order valence-electron chi connectivity index (χ0n) is 19.0. The average molecular weight is 440 g/mol. The predicted octanol–water partition coefficient (Wildman–Crippen LogP) is 4.45. The van der Waals surface area contributed by atoms with E-state index in [0.29, 0.717) is 13.0 Å². The highest BCUT2D eigenvalue weighted by Gasteiger charge is 2.45. The van der Waals surface area contributed by atoms with E-state index in [-0.39, 0.29) is 5.92 Å². The zero-order valence-corrected chi connectivity index (χ0v) is 19.0. The van der Waals surface area contributed by atoms with E-state index in [2.05, 4.69) is 53.6 Å². The molecule has 4 rings (SSSR count). The molecule has 0 saturated carbocycles. The number of hydrogen-bond donors (Lipinski definition) is 3. The summed E-state index contributed by atoms with van der Waals surface area (Å²) < 4.78 is 0. The van der Waals surface area contributed by atoms with E-state index in [1.807, 2.05) is 49.4 Å². The van der Waals surface area contributed by atoms with Crippen molar-refractivity contribution < 1.29 is 15.0 Å². The lowest BCUT2D eigenvalue weighted by Gasteiger charge is -2.35. The maximum Gasteiger partial charge on any atom is 0.323 e. The first kappa shape index (κ1) is 22.8. The van der Waals surface area contributed by atoms with Crippen molar-refractivity contribution in [3.8, 4) is 23.0 Å². The molecule has 0 aliphatic heterocycles. The van der Waals surface area contributed by atoms with Crippen LogP contribution >= 0.6 is 0 Å². The van der Waals surface area contributed by atoms with Crippen molar-refractivity contribution in [2.45, 2.75) is 37.8 Å². The van der Waals surface area contributed by atoms with Crippen LogP contribution in [0.2, 0.25) is 0 Å². The van der Waals surface area contributed by atoms with Gasteiger partial charge in [-0.1, -0.05) is 85.8 Å². The summed E-state index contributed by atoms with van der Waals surface area (Å²) in [5, 5.41) is 24.1. The number of carboxylic acid groups (broad SMARTS) is 1. The van der Waals surface area contributed by atoms with Crippen molar-refractivity contribution >= 4 is 5.97 Å². The summed E-state index contributed by atoms with van der Waals surface area (Å²) in [6, 6.07) is 25.7. The molecule has 0 saturated heterocycles. The highest BCUT2D eigenvalue weighted by atomic mass is 16.4. The lowest BCUT2D eigenvalue weighted by atomic mass is 9.72. The Morgan fingerprint density at radius 3 is 2.03 bits per heavy atom. The number of carbonyl (C=O) groups is 1. The molecule has 168 valence electrons. The Labute approximate surface area is 195 Å². The van der Waals surface area contributed by atoms with Gasteiger partial charge in [0.25, 0.3) is 0 Å². The van der Waals surface area contributed by atoms with Gasteiger partial charge in [-0.05, 0) is 40.7 Å². The van der Waals surface area contributed by atoms with Gasteiger partial charge in [-0.3, -0.25) is 4.79 Å². The van der Waals surface area contributed by atoms with Gasteiger partial charge in [-0.15, -0.1) is 11.8 Å². The second-order valence-corrected chi connectivity index (χ2v) is 8.66. The summed E-state index contributed by atoms with van der Waals surface area (Å²) in [5.41, 5.74) is 5.07. The van der Waals surface area contributed by atoms with E-state index in [1.54, 1.807) is 6.92 Å². The number of aliphatic hydroxyl groups excluding tert-OH is 1. The SMILES string of the molecule is CC#CC[C@H](C)[C@H](O)[C@@H](NCC1(c2ccccc2)c2ccccc2-c2ccccc21)C(=O)O. The molecule has 0 radical (unpaired) electrons. The van der Waals surface area contributed by atoms with E-state index in [1.165, 1.54) is 0 Å². The number of fused-ring (bicyclic) bond motifs is 3. The lowest BCUT2D eigenvalue weighted by Crippen LogP contribution is -2.53. The molecule has 4 heteroatoms. The first-order valence-corrected chi connectivity index (χ1v) is 11.3. The molecular formula is C29H29NO3. The second-order valence-electron chi connectivity index (χ2n) is 8.66. The monoisotopic (exact) mass is 439 g/mol. The molecule has 3 atom stereocenters. The Morgan fingerprint density at radius 1 is 0.939 bits per heavy atom. The molecule has 3 N–H and O–H groups in total. The number of rotatable bonds is 8. The van der Waals surface area contributed by atoms with Crippen molar-refractivity contribution in [2.75, 3.05) is 6.54 Å². The van der Waals surface area contributed by atoms with Gasteiger partial charge in [-0.25, -0.2) is 0 Å². The maximum atomic E-state index is 12.2. The maximum absolute atomic E-state index is 12.2. The number of aliphatic carboxylic acids is 1. The minimum absolute atomic E-state index is 0.276. The smallest absolute Gasteiger partial charge is 0.323 e. The molecule has 0 spiro atoms. The fourth-order valence-electron chi connectivity index (χ4n) is 4.98. The van der Waals surface area contributed by atoms with Crippen LogP contribution in [0.25, 0.3) is 11.1 Å². The van der Waals surface area contributed by atoms with Crippen LogP contribution in [0.4, 0.5) is 0 Å². The number of nitrogens with one attached hydrogen (secondary N) is 1. The van der Waals surface area contributed by atoms with E-state index >= 15 is 0 Å². The summed E-state index contributed by atoms with van der Waals surface area (Å²) in [6.45, 7) is 3.91. The van der Waals surface area contributed by atoms with Crippen molar-refractivity contribution in [1.29, 1.82) is 0 Å². The predicted molar refractivity (Wildman–Crippen MR) is 131 cm³/mol. The van der Waals surface area contributed by atoms with Gasteiger partial charge in [0.15, 0.2) is 0 Å². The first-order valence-electron chi connectivity index (χ1n) is 11.3. The Morgan fingerprint density at radius 2 is 1.48 bits per heavy atom. The molecular weight excluding hydrogens is 410 g/mol. The molecule has 33 heavy (non-hydrogen) atoms. The number of benzene rings is 3. The van der Waals surface area contributed by atoms with E-state index in [0.717, 1.165) is 27.8 Å². The lowest BCUT2D eigenvalue weighted by molar-refractivity contribution is -0.143. The van der Waals surface area contributed by atoms with Gasteiger partial charge in [0.1, 0.15) is 6.04 Å². The molecule has 0 heterocycles. The Balaban J connectivity index is 1.79. The highest BCUT2D eigenvalue weighted by Crippen LogP contribution is 2.52. The Bertz CT molecular complexity index is 1150. The van der Waals surface area contributed by atoms with Crippen molar-refractivity contribution in [1.82, 2.24) is 5.32 Å². The molecule has 0 bridgehead atoms. The van der Waals surface area contributed by atoms with Crippen molar-refractivity contribution in [2.24, 2.45) is 5.92 Å². The van der Waals surface area contributed by atoms with Crippen LogP contribution in [0.15, 0.2) is 78.9 Å². The van der Waals surface area contributed by atoms with Crippen LogP contribution < -0.4 is 5.32 Å². The summed E-state index contributed by atoms with van der Waals surface area (Å²) in [6.07, 6.45) is -0.624. The average Bonchev–Trinajstić information content (AvgIpc) is 3.14. The van der Waals surface area contributed by atoms with Crippen LogP contribution in [0.1, 0.15) is 37.0 Å². The summed E-state index contributed by atoms with van der Waals surface area (Å²) in [5.74, 6) is 4.42. The van der Waals surface area contributed by atoms with Crippen LogP contribution in [-0.2, 0) is 10.2 Å². The van der Waals surface area contributed by atoms with Gasteiger partial charge in [0, 0.05) is 13.0 Å².